The Morgan fingerprint density at radius 1 is 1.16 bits per heavy atom. The molecule has 0 fully saturated rings. The summed E-state index contributed by atoms with van der Waals surface area (Å²) in [7, 11) is 0. The van der Waals surface area contributed by atoms with E-state index in [1.54, 1.807) is 13.0 Å². The first-order chi connectivity index (χ1) is 14.8. The molecular weight excluding hydrogens is 392 g/mol. The first kappa shape index (κ1) is 22.8. The van der Waals surface area contributed by atoms with Gasteiger partial charge in [0.25, 0.3) is 0 Å². The van der Waals surface area contributed by atoms with Gasteiger partial charge in [0.2, 0.25) is 0 Å². The van der Waals surface area contributed by atoms with Crippen molar-refractivity contribution < 1.29 is 9.90 Å². The number of carbonyl (C=O) groups is 1. The van der Waals surface area contributed by atoms with Gasteiger partial charge in [0.05, 0.1) is 0 Å². The van der Waals surface area contributed by atoms with E-state index in [9.17, 15) is 9.90 Å². The van der Waals surface area contributed by atoms with Crippen LogP contribution in [-0.4, -0.2) is 10.9 Å². The smallest absolute Gasteiger partial charge is 0.160 e. The third kappa shape index (κ3) is 2.68. The Morgan fingerprint density at radius 3 is 2.34 bits per heavy atom. The van der Waals surface area contributed by atoms with Crippen LogP contribution in [0.2, 0.25) is 0 Å². The van der Waals surface area contributed by atoms with Crippen molar-refractivity contribution >= 4 is 11.4 Å². The van der Waals surface area contributed by atoms with E-state index in [2.05, 4.69) is 67.7 Å². The number of ketones is 1. The second-order valence-corrected chi connectivity index (χ2v) is 11.4. The van der Waals surface area contributed by atoms with Crippen LogP contribution < -0.4 is 0 Å². The van der Waals surface area contributed by atoms with Gasteiger partial charge in [-0.15, -0.1) is 0 Å². The van der Waals surface area contributed by atoms with Gasteiger partial charge in [0, 0.05) is 16.6 Å². The number of aromatic hydroxyl groups is 1. The Hall–Kier alpha value is -2.35. The number of phenols is 1. The van der Waals surface area contributed by atoms with Gasteiger partial charge in [-0.25, -0.2) is 0 Å². The van der Waals surface area contributed by atoms with Gasteiger partial charge in [0.15, 0.2) is 5.78 Å². The topological polar surface area (TPSA) is 37.3 Å². The lowest BCUT2D eigenvalue weighted by molar-refractivity contribution is -0.113. The van der Waals surface area contributed by atoms with Crippen LogP contribution in [-0.2, 0) is 10.2 Å². The molecule has 1 aromatic carbocycles. The van der Waals surface area contributed by atoms with Gasteiger partial charge >= 0.3 is 0 Å². The maximum Gasteiger partial charge on any atom is 0.160 e. The fourth-order valence-electron chi connectivity index (χ4n) is 7.61. The molecule has 0 spiro atoms. The maximum atomic E-state index is 12.8. The number of hydrogen-bond acceptors (Lipinski definition) is 2. The Kier molecular flexibility index (Phi) is 5.05. The fraction of sp³-hybridized carbons (Fsp3) is 0.500. The summed E-state index contributed by atoms with van der Waals surface area (Å²) in [5.41, 5.74) is 8.10. The first-order valence-corrected chi connectivity index (χ1v) is 11.9. The number of carbonyl (C=O) groups excluding carboxylic acids is 1. The third-order valence-electron chi connectivity index (χ3n) is 9.32. The molecule has 0 amide bonds. The Bertz CT molecular complexity index is 1120. The molecule has 2 heteroatoms. The molecule has 1 N–H and O–H groups in total. The van der Waals surface area contributed by atoms with Crippen LogP contribution in [0.1, 0.15) is 72.9 Å². The van der Waals surface area contributed by atoms with Gasteiger partial charge in [-0.05, 0) is 84.6 Å². The molecule has 0 aliphatic heterocycles. The standard InChI is InChI=1S/C30H38O2/c1-15(2)25-16(3)26(20(7)31)18(5)30(10)19(6)27-17(4)28-21(12-11-13-24(28)32)29(8,9)22(27)14-23(25)30/h11-13,15,22-23,25,32H,4-5,14H2,1-3,6-10H3. The third-order valence-corrected chi connectivity index (χ3v) is 9.32. The molecule has 32 heavy (non-hydrogen) atoms. The molecule has 4 rings (SSSR count). The highest BCUT2D eigenvalue weighted by Gasteiger charge is 2.57. The van der Waals surface area contributed by atoms with Crippen molar-refractivity contribution in [3.8, 4) is 5.75 Å². The number of phenolic OH excluding ortho intramolecular Hbond substituents is 1. The highest BCUT2D eigenvalue weighted by atomic mass is 16.3. The highest BCUT2D eigenvalue weighted by molar-refractivity contribution is 5.99. The molecule has 3 aliphatic rings. The zero-order valence-corrected chi connectivity index (χ0v) is 21.0. The largest absolute Gasteiger partial charge is 0.507 e. The second-order valence-electron chi connectivity index (χ2n) is 11.4. The normalized spacial score (nSPS) is 31.5. The Balaban J connectivity index is 2.05. The lowest BCUT2D eigenvalue weighted by Gasteiger charge is -2.59. The monoisotopic (exact) mass is 430 g/mol. The lowest BCUT2D eigenvalue weighted by Crippen LogP contribution is -2.51. The van der Waals surface area contributed by atoms with E-state index in [4.69, 9.17) is 0 Å². The lowest BCUT2D eigenvalue weighted by atomic mass is 9.45. The van der Waals surface area contributed by atoms with Crippen LogP contribution in [0.3, 0.4) is 0 Å². The molecule has 170 valence electrons. The SMILES string of the molecule is C=C1C2=C(C)C3(C)C(=C)C(C(C)=O)=C(C)C(C(C)C)C3CC2C(C)(C)c2cccc(O)c21. The van der Waals surface area contributed by atoms with Crippen LogP contribution in [0.4, 0.5) is 0 Å². The van der Waals surface area contributed by atoms with Crippen molar-refractivity contribution in [1.29, 1.82) is 0 Å². The van der Waals surface area contributed by atoms with Crippen molar-refractivity contribution in [3.05, 3.63) is 70.3 Å². The van der Waals surface area contributed by atoms with Crippen molar-refractivity contribution in [2.75, 3.05) is 0 Å². The Labute approximate surface area is 193 Å². The molecule has 0 radical (unpaired) electrons. The van der Waals surface area contributed by atoms with Crippen LogP contribution >= 0.6 is 0 Å². The number of allylic oxidation sites excluding steroid dienone is 6. The summed E-state index contributed by atoms with van der Waals surface area (Å²) in [5, 5.41) is 10.8. The van der Waals surface area contributed by atoms with Crippen LogP contribution in [0.25, 0.3) is 5.57 Å². The predicted octanol–water partition coefficient (Wildman–Crippen LogP) is 7.40. The highest BCUT2D eigenvalue weighted by Crippen LogP contribution is 2.66. The number of fused-ring (bicyclic) bond motifs is 3. The second kappa shape index (κ2) is 7.07. The maximum absolute atomic E-state index is 12.8. The number of rotatable bonds is 2. The molecule has 0 aromatic heterocycles. The van der Waals surface area contributed by atoms with E-state index in [1.807, 2.05) is 6.07 Å². The predicted molar refractivity (Wildman–Crippen MR) is 133 cm³/mol. The quantitative estimate of drug-likeness (QED) is 0.530. The van der Waals surface area contributed by atoms with Gasteiger partial charge < -0.3 is 5.11 Å². The van der Waals surface area contributed by atoms with Crippen LogP contribution in [0.15, 0.2) is 59.2 Å². The molecule has 1 aromatic rings. The molecule has 3 aliphatic carbocycles. The fourth-order valence-corrected chi connectivity index (χ4v) is 7.61. The van der Waals surface area contributed by atoms with Crippen molar-refractivity contribution in [3.63, 3.8) is 0 Å². The number of benzene rings is 1. The Morgan fingerprint density at radius 2 is 1.78 bits per heavy atom. The molecule has 0 bridgehead atoms. The van der Waals surface area contributed by atoms with E-state index in [0.29, 0.717) is 29.4 Å². The van der Waals surface area contributed by atoms with E-state index in [-0.39, 0.29) is 16.6 Å². The van der Waals surface area contributed by atoms with Gasteiger partial charge in [0.1, 0.15) is 5.75 Å². The minimum atomic E-state index is -0.303. The number of Topliss-reactive ketones (excluding diaryl/α,β-unsaturated/α-hetero) is 1. The zero-order valence-electron chi connectivity index (χ0n) is 21.0. The minimum Gasteiger partial charge on any atom is -0.507 e. The van der Waals surface area contributed by atoms with E-state index < -0.39 is 0 Å². The van der Waals surface area contributed by atoms with Crippen molar-refractivity contribution in [1.82, 2.24) is 0 Å². The van der Waals surface area contributed by atoms with Gasteiger partial charge in [-0.1, -0.05) is 71.1 Å². The summed E-state index contributed by atoms with van der Waals surface area (Å²) < 4.78 is 0. The van der Waals surface area contributed by atoms with Crippen molar-refractivity contribution in [2.45, 2.75) is 67.2 Å². The molecule has 4 unspecified atom stereocenters. The van der Waals surface area contributed by atoms with Crippen molar-refractivity contribution in [2.24, 2.45) is 29.1 Å². The van der Waals surface area contributed by atoms with Crippen LogP contribution in [0, 0.1) is 29.1 Å². The van der Waals surface area contributed by atoms with Gasteiger partial charge in [-0.2, -0.15) is 0 Å². The number of hydrogen-bond donors (Lipinski definition) is 1. The average Bonchev–Trinajstić information content (AvgIpc) is 2.68. The summed E-state index contributed by atoms with van der Waals surface area (Å²) in [4.78, 5) is 12.8. The molecular formula is C30H38O2. The molecule has 4 atom stereocenters. The van der Waals surface area contributed by atoms with E-state index >= 15 is 0 Å². The summed E-state index contributed by atoms with van der Waals surface area (Å²) >= 11 is 0. The molecule has 0 saturated heterocycles. The summed E-state index contributed by atoms with van der Waals surface area (Å²) in [6, 6.07) is 5.86. The van der Waals surface area contributed by atoms with Crippen LogP contribution in [0.5, 0.6) is 5.75 Å². The minimum absolute atomic E-state index is 0.114. The summed E-state index contributed by atoms with van der Waals surface area (Å²) in [6.45, 7) is 26.6. The summed E-state index contributed by atoms with van der Waals surface area (Å²) in [6.07, 6.45) is 1.02. The first-order valence-electron chi connectivity index (χ1n) is 11.9. The molecule has 0 saturated carbocycles. The summed E-state index contributed by atoms with van der Waals surface area (Å²) in [5.74, 6) is 1.86. The zero-order chi connectivity index (χ0) is 23.9. The molecule has 0 heterocycles. The van der Waals surface area contributed by atoms with E-state index in [0.717, 1.165) is 28.7 Å². The average molecular weight is 431 g/mol. The van der Waals surface area contributed by atoms with Gasteiger partial charge in [-0.3, -0.25) is 4.79 Å². The molecule has 2 nitrogen and oxygen atoms in total. The van der Waals surface area contributed by atoms with E-state index in [1.165, 1.54) is 22.3 Å².